The maximum absolute atomic E-state index is 12.2. The van der Waals surface area contributed by atoms with Crippen molar-refractivity contribution in [3.8, 4) is 6.07 Å². The second-order valence-corrected chi connectivity index (χ2v) is 6.41. The Morgan fingerprint density at radius 1 is 1.59 bits per heavy atom. The van der Waals surface area contributed by atoms with Gasteiger partial charge in [0.1, 0.15) is 4.83 Å². The van der Waals surface area contributed by atoms with E-state index in [1.165, 1.54) is 27.7 Å². The molecule has 0 saturated carbocycles. The van der Waals surface area contributed by atoms with Crippen LogP contribution in [0.1, 0.15) is 13.3 Å². The number of carbonyl (C=O) groups is 1. The van der Waals surface area contributed by atoms with Gasteiger partial charge < -0.3 is 4.90 Å². The predicted molar refractivity (Wildman–Crippen MR) is 88.1 cm³/mol. The molecule has 116 valence electrons. The maximum atomic E-state index is 12.2. The zero-order valence-corrected chi connectivity index (χ0v) is 14.0. The van der Waals surface area contributed by atoms with Crippen LogP contribution in [-0.2, 0) is 11.8 Å². The molecule has 8 heteroatoms. The zero-order chi connectivity index (χ0) is 16.1. The molecule has 2 heterocycles. The van der Waals surface area contributed by atoms with Crippen LogP contribution in [0.5, 0.6) is 0 Å². The van der Waals surface area contributed by atoms with Gasteiger partial charge in [-0.15, -0.1) is 11.3 Å². The number of aromatic nitrogens is 2. The molecule has 2 aromatic rings. The van der Waals surface area contributed by atoms with Crippen LogP contribution in [0, 0.1) is 11.3 Å². The van der Waals surface area contributed by atoms with Gasteiger partial charge in [-0.2, -0.15) is 5.26 Å². The van der Waals surface area contributed by atoms with Crippen LogP contribution in [0.15, 0.2) is 21.4 Å². The summed E-state index contributed by atoms with van der Waals surface area (Å²) in [5.41, 5.74) is -0.0990. The molecule has 2 rings (SSSR count). The molecule has 0 atom stereocenters. The van der Waals surface area contributed by atoms with Crippen LogP contribution in [0.3, 0.4) is 0 Å². The van der Waals surface area contributed by atoms with Gasteiger partial charge in [0.25, 0.3) is 5.56 Å². The number of nitrogens with zero attached hydrogens (tertiary/aromatic N) is 4. The number of carbonyl (C=O) groups excluding carboxylic acids is 1. The molecule has 0 N–H and O–H groups in total. The Kier molecular flexibility index (Phi) is 5.57. The Morgan fingerprint density at radius 2 is 2.36 bits per heavy atom. The van der Waals surface area contributed by atoms with E-state index in [9.17, 15) is 9.59 Å². The van der Waals surface area contributed by atoms with Crippen molar-refractivity contribution in [2.45, 2.75) is 18.5 Å². The molecule has 0 aliphatic carbocycles. The van der Waals surface area contributed by atoms with Gasteiger partial charge in [0.05, 0.1) is 23.6 Å². The quantitative estimate of drug-likeness (QED) is 0.594. The summed E-state index contributed by atoms with van der Waals surface area (Å²) >= 11 is 2.66. The van der Waals surface area contributed by atoms with Gasteiger partial charge in [0.15, 0.2) is 5.16 Å². The Bertz CT molecular complexity index is 775. The number of hydrogen-bond acceptors (Lipinski definition) is 6. The van der Waals surface area contributed by atoms with Gasteiger partial charge in [-0.05, 0) is 18.4 Å². The molecular weight excluding hydrogens is 320 g/mol. The fourth-order valence-corrected chi connectivity index (χ4v) is 3.65. The van der Waals surface area contributed by atoms with E-state index in [2.05, 4.69) is 4.98 Å². The van der Waals surface area contributed by atoms with Gasteiger partial charge in [0, 0.05) is 20.1 Å². The average molecular weight is 336 g/mol. The van der Waals surface area contributed by atoms with Crippen molar-refractivity contribution in [3.05, 3.63) is 21.8 Å². The first kappa shape index (κ1) is 16.5. The number of amides is 1. The van der Waals surface area contributed by atoms with Crippen LogP contribution in [0.2, 0.25) is 0 Å². The van der Waals surface area contributed by atoms with Crippen molar-refractivity contribution in [1.82, 2.24) is 14.5 Å². The maximum Gasteiger partial charge on any atom is 0.262 e. The summed E-state index contributed by atoms with van der Waals surface area (Å²) in [6.45, 7) is 2.88. The minimum Gasteiger partial charge on any atom is -0.341 e. The molecule has 0 saturated heterocycles. The fourth-order valence-electron chi connectivity index (χ4n) is 1.97. The van der Waals surface area contributed by atoms with Crippen LogP contribution in [0.25, 0.3) is 10.2 Å². The van der Waals surface area contributed by atoms with Crippen molar-refractivity contribution in [1.29, 1.82) is 5.26 Å². The molecule has 0 bridgehead atoms. The molecule has 6 nitrogen and oxygen atoms in total. The topological polar surface area (TPSA) is 79.0 Å². The molecular formula is C14H16N4O2S2. The van der Waals surface area contributed by atoms with Crippen LogP contribution < -0.4 is 5.56 Å². The highest BCUT2D eigenvalue weighted by Gasteiger charge is 2.15. The number of nitriles is 1. The van der Waals surface area contributed by atoms with Crippen molar-refractivity contribution >= 4 is 39.2 Å². The first-order valence-corrected chi connectivity index (χ1v) is 8.66. The fraction of sp³-hybridized carbons (Fsp3) is 0.429. The number of hydrogen-bond donors (Lipinski definition) is 0. The van der Waals surface area contributed by atoms with Crippen molar-refractivity contribution < 1.29 is 4.79 Å². The smallest absolute Gasteiger partial charge is 0.262 e. The number of thioether (sulfide) groups is 1. The zero-order valence-electron chi connectivity index (χ0n) is 12.4. The van der Waals surface area contributed by atoms with Gasteiger partial charge in [-0.1, -0.05) is 11.8 Å². The minimum atomic E-state index is -0.0990. The summed E-state index contributed by atoms with van der Waals surface area (Å²) in [4.78, 5) is 31.1. The van der Waals surface area contributed by atoms with E-state index < -0.39 is 0 Å². The SMILES string of the molecule is CCN(CCC#N)C(=O)CSc1nc2sccc2c(=O)n1C. The summed E-state index contributed by atoms with van der Waals surface area (Å²) in [6, 6.07) is 3.80. The molecule has 0 fully saturated rings. The van der Waals surface area contributed by atoms with Crippen molar-refractivity contribution in [2.75, 3.05) is 18.8 Å². The summed E-state index contributed by atoms with van der Waals surface area (Å²) < 4.78 is 1.47. The van der Waals surface area contributed by atoms with E-state index in [0.717, 1.165) is 0 Å². The van der Waals surface area contributed by atoms with Gasteiger partial charge >= 0.3 is 0 Å². The molecule has 0 aromatic carbocycles. The van der Waals surface area contributed by atoms with Gasteiger partial charge in [-0.3, -0.25) is 14.2 Å². The number of thiophene rings is 1. The normalized spacial score (nSPS) is 10.6. The van der Waals surface area contributed by atoms with E-state index in [1.807, 2.05) is 18.4 Å². The first-order chi connectivity index (χ1) is 10.6. The molecule has 0 radical (unpaired) electrons. The number of fused-ring (bicyclic) bond motifs is 1. The summed E-state index contributed by atoms with van der Waals surface area (Å²) in [5.74, 6) is 0.152. The Morgan fingerprint density at radius 3 is 3.05 bits per heavy atom. The van der Waals surface area contributed by atoms with E-state index in [4.69, 9.17) is 5.26 Å². The summed E-state index contributed by atoms with van der Waals surface area (Å²) in [7, 11) is 1.66. The highest BCUT2D eigenvalue weighted by atomic mass is 32.2. The lowest BCUT2D eigenvalue weighted by molar-refractivity contribution is -0.128. The Labute approximate surface area is 136 Å². The largest absolute Gasteiger partial charge is 0.341 e. The molecule has 0 unspecified atom stereocenters. The third kappa shape index (κ3) is 3.48. The van der Waals surface area contributed by atoms with E-state index in [1.54, 1.807) is 18.0 Å². The molecule has 0 aliphatic heterocycles. The highest BCUT2D eigenvalue weighted by molar-refractivity contribution is 7.99. The second-order valence-electron chi connectivity index (χ2n) is 4.57. The minimum absolute atomic E-state index is 0.0525. The number of rotatable bonds is 6. The molecule has 2 aromatic heterocycles. The second kappa shape index (κ2) is 7.42. The third-order valence-electron chi connectivity index (χ3n) is 3.22. The summed E-state index contributed by atoms with van der Waals surface area (Å²) in [5, 5.41) is 11.6. The third-order valence-corrected chi connectivity index (χ3v) is 5.04. The molecule has 0 aliphatic rings. The van der Waals surface area contributed by atoms with Gasteiger partial charge in [-0.25, -0.2) is 4.98 Å². The van der Waals surface area contributed by atoms with Crippen molar-refractivity contribution in [2.24, 2.45) is 7.05 Å². The first-order valence-electron chi connectivity index (χ1n) is 6.80. The lowest BCUT2D eigenvalue weighted by Crippen LogP contribution is -2.33. The Hall–Kier alpha value is -1.85. The summed E-state index contributed by atoms with van der Waals surface area (Å²) in [6.07, 6.45) is 0.322. The standard InChI is InChI=1S/C14H16N4O2S2/c1-3-18(7-4-6-15)11(19)9-22-14-16-12-10(5-8-21-12)13(20)17(14)2/h5,8H,3-4,7,9H2,1-2H3. The monoisotopic (exact) mass is 336 g/mol. The van der Waals surface area contributed by atoms with E-state index in [0.29, 0.717) is 34.9 Å². The highest BCUT2D eigenvalue weighted by Crippen LogP contribution is 2.20. The molecule has 0 spiro atoms. The lowest BCUT2D eigenvalue weighted by atomic mass is 10.4. The Balaban J connectivity index is 2.11. The van der Waals surface area contributed by atoms with Crippen molar-refractivity contribution in [3.63, 3.8) is 0 Å². The van der Waals surface area contributed by atoms with Crippen LogP contribution in [0.4, 0.5) is 0 Å². The molecule has 22 heavy (non-hydrogen) atoms. The predicted octanol–water partition coefficient (Wildman–Crippen LogP) is 1.85. The van der Waals surface area contributed by atoms with E-state index in [-0.39, 0.29) is 17.2 Å². The molecule has 1 amide bonds. The van der Waals surface area contributed by atoms with Crippen LogP contribution in [-0.4, -0.2) is 39.2 Å². The van der Waals surface area contributed by atoms with E-state index >= 15 is 0 Å². The average Bonchev–Trinajstić information content (AvgIpc) is 2.98. The van der Waals surface area contributed by atoms with Crippen LogP contribution >= 0.6 is 23.1 Å². The lowest BCUT2D eigenvalue weighted by Gasteiger charge is -2.19. The van der Waals surface area contributed by atoms with Gasteiger partial charge in [0.2, 0.25) is 5.91 Å².